The molecule has 2 amide bonds. The zero-order valence-corrected chi connectivity index (χ0v) is 21.0. The molecular formula is C29H24BrNO4. The first-order valence-electron chi connectivity index (χ1n) is 11.9. The van der Waals surface area contributed by atoms with Gasteiger partial charge in [0.1, 0.15) is 0 Å². The van der Waals surface area contributed by atoms with Crippen LogP contribution in [0, 0.1) is 17.8 Å². The van der Waals surface area contributed by atoms with Crippen molar-refractivity contribution in [2.24, 2.45) is 17.8 Å². The minimum atomic E-state index is -0.797. The van der Waals surface area contributed by atoms with Gasteiger partial charge in [-0.3, -0.25) is 9.59 Å². The van der Waals surface area contributed by atoms with E-state index in [1.807, 2.05) is 38.1 Å². The molecule has 7 rings (SSSR count). The highest BCUT2D eigenvalue weighted by Crippen LogP contribution is 2.66. The number of carbonyl (C=O) groups is 3. The van der Waals surface area contributed by atoms with Gasteiger partial charge < -0.3 is 4.74 Å². The maximum atomic E-state index is 14.0. The van der Waals surface area contributed by atoms with Crippen molar-refractivity contribution in [3.63, 3.8) is 0 Å². The van der Waals surface area contributed by atoms with Gasteiger partial charge in [-0.2, -0.15) is 0 Å². The van der Waals surface area contributed by atoms with E-state index in [-0.39, 0.29) is 23.7 Å². The first-order chi connectivity index (χ1) is 16.8. The summed E-state index contributed by atoms with van der Waals surface area (Å²) in [5.41, 5.74) is 4.97. The number of anilines is 1. The minimum Gasteiger partial charge on any atom is -0.462 e. The zero-order chi connectivity index (χ0) is 24.5. The fourth-order valence-corrected chi connectivity index (χ4v) is 7.23. The van der Waals surface area contributed by atoms with E-state index < -0.39 is 22.1 Å². The zero-order valence-electron chi connectivity index (χ0n) is 19.4. The Morgan fingerprint density at radius 2 is 1.57 bits per heavy atom. The van der Waals surface area contributed by atoms with Crippen molar-refractivity contribution in [1.82, 2.24) is 0 Å². The molecule has 3 aliphatic carbocycles. The molecular weight excluding hydrogens is 506 g/mol. The number of imide groups is 1. The van der Waals surface area contributed by atoms with Gasteiger partial charge in [-0.1, -0.05) is 84.4 Å². The van der Waals surface area contributed by atoms with E-state index in [0.717, 1.165) is 22.3 Å². The van der Waals surface area contributed by atoms with Crippen molar-refractivity contribution < 1.29 is 19.1 Å². The Bertz CT molecular complexity index is 1350. The molecule has 4 aliphatic rings. The Morgan fingerprint density at radius 1 is 0.943 bits per heavy atom. The molecule has 2 atom stereocenters. The highest BCUT2D eigenvalue weighted by Gasteiger charge is 2.67. The molecule has 2 bridgehead atoms. The number of nitrogens with zero attached hydrogens (tertiary/aromatic N) is 1. The SMILES string of the molecule is CC(C)COC(=O)c1cccc(N2C(=O)[C@@H]3C4c5ccccc5C(Br)(c5ccccc54)[C@@H]3C2=O)c1. The molecule has 0 saturated carbocycles. The summed E-state index contributed by atoms with van der Waals surface area (Å²) in [6, 6.07) is 22.8. The van der Waals surface area contributed by atoms with E-state index in [4.69, 9.17) is 4.74 Å². The van der Waals surface area contributed by atoms with Gasteiger partial charge in [0.15, 0.2) is 0 Å². The number of hydrogen-bond donors (Lipinski definition) is 0. The third-order valence-electron chi connectivity index (χ3n) is 7.40. The van der Waals surface area contributed by atoms with Crippen molar-refractivity contribution in [2.75, 3.05) is 11.5 Å². The summed E-state index contributed by atoms with van der Waals surface area (Å²) in [6.07, 6.45) is 0. The van der Waals surface area contributed by atoms with Gasteiger partial charge in [0.2, 0.25) is 11.8 Å². The third-order valence-corrected chi connectivity index (χ3v) is 8.75. The van der Waals surface area contributed by atoms with Crippen LogP contribution in [0.5, 0.6) is 0 Å². The molecule has 1 aliphatic heterocycles. The molecule has 0 spiro atoms. The normalized spacial score (nSPS) is 25.9. The van der Waals surface area contributed by atoms with Crippen LogP contribution in [0.3, 0.4) is 0 Å². The van der Waals surface area contributed by atoms with Gasteiger partial charge in [-0.05, 0) is 46.4 Å². The van der Waals surface area contributed by atoms with E-state index in [2.05, 4.69) is 40.2 Å². The highest BCUT2D eigenvalue weighted by atomic mass is 79.9. The number of esters is 1. The van der Waals surface area contributed by atoms with Gasteiger partial charge in [-0.15, -0.1) is 0 Å². The summed E-state index contributed by atoms with van der Waals surface area (Å²) < 4.78 is 4.57. The fraction of sp³-hybridized carbons (Fsp3) is 0.276. The van der Waals surface area contributed by atoms with E-state index >= 15 is 0 Å². The number of benzene rings is 3. The number of carbonyl (C=O) groups excluding carboxylic acids is 3. The van der Waals surface area contributed by atoms with E-state index in [0.29, 0.717) is 17.9 Å². The van der Waals surface area contributed by atoms with Crippen LogP contribution in [0.4, 0.5) is 5.69 Å². The predicted octanol–water partition coefficient (Wildman–Crippen LogP) is 5.40. The molecule has 5 nitrogen and oxygen atoms in total. The van der Waals surface area contributed by atoms with Crippen molar-refractivity contribution in [2.45, 2.75) is 24.1 Å². The number of halogens is 1. The average Bonchev–Trinajstić information content (AvgIpc) is 3.14. The second-order valence-corrected chi connectivity index (χ2v) is 11.2. The first kappa shape index (κ1) is 22.2. The second-order valence-electron chi connectivity index (χ2n) is 9.92. The topological polar surface area (TPSA) is 63.7 Å². The number of amides is 2. The quantitative estimate of drug-likeness (QED) is 0.258. The number of hydrogen-bond acceptors (Lipinski definition) is 4. The summed E-state index contributed by atoms with van der Waals surface area (Å²) in [4.78, 5) is 41.8. The molecule has 0 radical (unpaired) electrons. The minimum absolute atomic E-state index is 0.201. The molecule has 3 aromatic rings. The molecule has 1 saturated heterocycles. The summed E-state index contributed by atoms with van der Waals surface area (Å²) in [5.74, 6) is -2.05. The smallest absolute Gasteiger partial charge is 0.338 e. The predicted molar refractivity (Wildman–Crippen MR) is 135 cm³/mol. The molecule has 0 N–H and O–H groups in total. The largest absolute Gasteiger partial charge is 0.462 e. The van der Waals surface area contributed by atoms with E-state index in [1.54, 1.807) is 24.3 Å². The van der Waals surface area contributed by atoms with Gasteiger partial charge >= 0.3 is 5.97 Å². The lowest BCUT2D eigenvalue weighted by Crippen LogP contribution is -2.50. The van der Waals surface area contributed by atoms with Gasteiger partial charge in [0.25, 0.3) is 0 Å². The Morgan fingerprint density at radius 3 is 2.20 bits per heavy atom. The second kappa shape index (κ2) is 7.89. The summed E-state index contributed by atoms with van der Waals surface area (Å²) >= 11 is 4.00. The Balaban J connectivity index is 1.45. The van der Waals surface area contributed by atoms with Crippen LogP contribution in [0.15, 0.2) is 72.8 Å². The Labute approximate surface area is 212 Å². The van der Waals surface area contributed by atoms with Crippen LogP contribution in [-0.4, -0.2) is 24.4 Å². The first-order valence-corrected chi connectivity index (χ1v) is 12.7. The summed E-state index contributed by atoms with van der Waals surface area (Å²) in [7, 11) is 0. The fourth-order valence-electron chi connectivity index (χ4n) is 6.03. The molecule has 3 aromatic carbocycles. The molecule has 0 aromatic heterocycles. The monoisotopic (exact) mass is 529 g/mol. The molecule has 1 heterocycles. The molecule has 0 unspecified atom stereocenters. The van der Waals surface area contributed by atoms with Crippen LogP contribution in [0.2, 0.25) is 0 Å². The number of rotatable bonds is 4. The van der Waals surface area contributed by atoms with Crippen LogP contribution in [0.1, 0.15) is 52.4 Å². The van der Waals surface area contributed by atoms with E-state index in [9.17, 15) is 14.4 Å². The number of ether oxygens (including phenoxy) is 1. The standard InChI is InChI=1S/C29H24BrNO4/c1-16(2)15-35-28(34)17-8-7-9-18(14-17)31-26(32)24-23-19-10-3-5-12-21(19)29(30,25(24)27(31)33)22-13-6-4-11-20(22)23/h3-14,16,23-25H,15H2,1-2H3/t23?,24-,25+,29?/m1/s1. The van der Waals surface area contributed by atoms with Crippen LogP contribution in [-0.2, 0) is 18.7 Å². The van der Waals surface area contributed by atoms with Crippen LogP contribution in [0.25, 0.3) is 0 Å². The Hall–Kier alpha value is -3.25. The van der Waals surface area contributed by atoms with E-state index in [1.165, 1.54) is 4.90 Å². The van der Waals surface area contributed by atoms with Crippen molar-refractivity contribution >= 4 is 39.4 Å². The maximum absolute atomic E-state index is 14.0. The molecule has 6 heteroatoms. The summed E-state index contributed by atoms with van der Waals surface area (Å²) in [5, 5.41) is 0. The lowest BCUT2D eigenvalue weighted by atomic mass is 9.55. The molecule has 1 fully saturated rings. The maximum Gasteiger partial charge on any atom is 0.338 e. The van der Waals surface area contributed by atoms with Gasteiger partial charge in [0, 0.05) is 5.92 Å². The highest BCUT2D eigenvalue weighted by molar-refractivity contribution is 9.09. The van der Waals surface area contributed by atoms with Gasteiger partial charge in [-0.25, -0.2) is 9.69 Å². The molecule has 176 valence electrons. The van der Waals surface area contributed by atoms with Crippen LogP contribution < -0.4 is 4.90 Å². The van der Waals surface area contributed by atoms with Crippen LogP contribution >= 0.6 is 15.9 Å². The lowest BCUT2D eigenvalue weighted by molar-refractivity contribution is -0.122. The third kappa shape index (κ3) is 3.02. The Kier molecular flexibility index (Phi) is 5.01. The van der Waals surface area contributed by atoms with Gasteiger partial charge in [0.05, 0.1) is 34.0 Å². The molecule has 35 heavy (non-hydrogen) atoms. The lowest BCUT2D eigenvalue weighted by Gasteiger charge is -2.51. The summed E-state index contributed by atoms with van der Waals surface area (Å²) in [6.45, 7) is 4.24. The van der Waals surface area contributed by atoms with Crippen molar-refractivity contribution in [3.05, 3.63) is 101 Å². The number of alkyl halides is 1. The van der Waals surface area contributed by atoms with Crippen molar-refractivity contribution in [3.8, 4) is 0 Å². The van der Waals surface area contributed by atoms with Crippen molar-refractivity contribution in [1.29, 1.82) is 0 Å². The average molecular weight is 530 g/mol.